The number of ether oxygens (including phenoxy) is 11. The Kier molecular flexibility index (Phi) is 88.7. The predicted octanol–water partition coefficient (Wildman–Crippen LogP) is 17.5. The second-order valence-electron chi connectivity index (χ2n) is 22.8. The van der Waals surface area contributed by atoms with Gasteiger partial charge >= 0.3 is 150 Å². The van der Waals surface area contributed by atoms with E-state index in [4.69, 9.17) is 79.5 Å². The van der Waals surface area contributed by atoms with Crippen molar-refractivity contribution in [2.45, 2.75) is 89.0 Å². The number of pyridine rings is 3. The predicted molar refractivity (Wildman–Crippen MR) is 525 cm³/mol. The van der Waals surface area contributed by atoms with Gasteiger partial charge in [-0.05, 0) is 220 Å². The molecule has 0 spiro atoms. The van der Waals surface area contributed by atoms with E-state index < -0.39 is 38.7 Å². The summed E-state index contributed by atoms with van der Waals surface area (Å²) >= 11 is 21.1. The van der Waals surface area contributed by atoms with Gasteiger partial charge in [-0.25, -0.2) is 29.3 Å². The summed E-state index contributed by atoms with van der Waals surface area (Å²) in [6.45, 7) is 26.4. The Bertz CT molecular complexity index is 4360. The molecule has 37 nitrogen and oxygen atoms in total. The Morgan fingerprint density at radius 3 is 1.19 bits per heavy atom. The number of hydrogen-bond acceptors (Lipinski definition) is 29. The van der Waals surface area contributed by atoms with E-state index in [9.17, 15) is 49.8 Å². The van der Waals surface area contributed by atoms with Crippen LogP contribution in [-0.2, 0) is 44.6 Å². The molecular formula is C83H116Br6K3N13O24. The number of carbonyl (C=O) groups is 3. The number of nitrogen functional groups attached to an aromatic ring is 1. The number of aliphatic hydroxyl groups excluding tert-OH is 3. The van der Waals surface area contributed by atoms with Crippen LogP contribution in [0.3, 0.4) is 0 Å². The normalized spacial score (nSPS) is 9.74. The fourth-order valence-electron chi connectivity index (χ4n) is 9.35. The van der Waals surface area contributed by atoms with E-state index in [2.05, 4.69) is 153 Å². The molecule has 0 bridgehead atoms. The number of halogens is 6. The number of methoxy groups -OCH3 is 4. The van der Waals surface area contributed by atoms with Gasteiger partial charge in [0, 0.05) is 63.0 Å². The number of alkyl halides is 1. The van der Waals surface area contributed by atoms with Crippen LogP contribution in [0.2, 0.25) is 0 Å². The molecule has 0 unspecified atom stereocenters. The number of rotatable bonds is 34. The number of phenols is 1. The van der Waals surface area contributed by atoms with Gasteiger partial charge in [0.05, 0.1) is 69.6 Å². The van der Waals surface area contributed by atoms with Crippen molar-refractivity contribution in [3.8, 4) is 46.0 Å². The maximum Gasteiger partial charge on any atom is -0.00208 e. The largest absolute Gasteiger partial charge is 0.108 e. The summed E-state index contributed by atoms with van der Waals surface area (Å²) < 4.78 is 58.0. The van der Waals surface area contributed by atoms with Crippen LogP contribution in [0.25, 0.3) is 10.4 Å². The molecule has 1 aliphatic rings. The minimum Gasteiger partial charge on any atom is -0.108 e. The first-order valence-corrected chi connectivity index (χ1v) is 58.2. The smallest absolute Gasteiger partial charge is 0.00208 e. The monoisotopic (exact) mass is 2270 g/mol. The third kappa shape index (κ3) is 55.6. The van der Waals surface area contributed by atoms with E-state index in [1.165, 1.54) is 131 Å². The zero-order chi connectivity index (χ0) is 94.1. The number of benzene rings is 4. The van der Waals surface area contributed by atoms with E-state index >= 15 is 0 Å². The molecule has 702 valence electrons. The van der Waals surface area contributed by atoms with Gasteiger partial charge in [0.15, 0.2) is 55.2 Å². The van der Waals surface area contributed by atoms with Gasteiger partial charge in [0.1, 0.15) is 50.7 Å². The first-order chi connectivity index (χ1) is 59.4. The van der Waals surface area contributed by atoms with Gasteiger partial charge < -0.3 is 79.7 Å². The molecule has 1 aliphatic heterocycles. The van der Waals surface area contributed by atoms with Crippen molar-refractivity contribution >= 4 is 217 Å². The Balaban J connectivity index is -0.000000232. The number of nitrogens with two attached hydrogens (primary N) is 1. The van der Waals surface area contributed by atoms with Crippen LogP contribution < -0.4 is 105 Å². The van der Waals surface area contributed by atoms with Crippen molar-refractivity contribution in [1.29, 1.82) is 5.53 Å². The van der Waals surface area contributed by atoms with Crippen LogP contribution in [0.5, 0.6) is 46.0 Å². The SMILES string of the molecule is C.C.C.C.C1CCOC1.C=CCBr.C=CCO.C=CCOc1cc(CCN(C(=O)OCC)c2cc(Br)nc(Br)c2[N+](=O)[O-])ccc1OC.C=CCOc1cc(CCN(C(=O)OCC)c2cc(Br)nc(N)c2[N+](=O)[O-])ccc1OC.C=CCOc1cc(CCO)ccc1OC.CCOC(=O)Nc1cc(Br)nc(Br)c1[N+](=O)[O-].COc1ccc(CCO)cc1O.[H-].[K+].[K][K].[N-]=[N+]=N. The fraction of sp³-hybridized carbons (Fsp3) is 0.373. The molecule has 3 aromatic heterocycles. The van der Waals surface area contributed by atoms with E-state index in [-0.39, 0.29) is 189 Å². The summed E-state index contributed by atoms with van der Waals surface area (Å²) in [5, 5.41) is 71.7. The molecule has 4 heterocycles. The molecular weight excluding hydrogens is 2160 g/mol. The van der Waals surface area contributed by atoms with Crippen molar-refractivity contribution in [3.63, 3.8) is 0 Å². The van der Waals surface area contributed by atoms with Crippen LogP contribution in [0.4, 0.5) is 54.3 Å². The fourth-order valence-corrected chi connectivity index (χ4v) is 12.1. The van der Waals surface area contributed by atoms with Gasteiger partial charge in [-0.3, -0.25) is 45.5 Å². The minimum absolute atomic E-state index is 0. The Labute approximate surface area is 894 Å². The average molecular weight is 2280 g/mol. The molecule has 0 radical (unpaired) electrons. The van der Waals surface area contributed by atoms with E-state index in [1.807, 2.05) is 36.4 Å². The van der Waals surface area contributed by atoms with Crippen molar-refractivity contribution in [1.82, 2.24) is 15.0 Å². The number of aromatic hydroxyl groups is 1. The number of aliphatic hydroxyl groups is 3. The standard InChI is InChI=1S/C20H21Br2N3O6.C20H23BrN4O6.C12H16O3.C9H12O3.C8H7Br2N3O4.C4H8O.C3H5Br.C3H6O.4CH4.3K.HN3.H/c2*1-4-10-31-16-11-13(6-7-15(16)29-3)8-9-24(20(26)30-5-2)14-12-17(21)23-19(22)18(14)25(27)28;1-3-8-15-12-9-10(6-7-13)4-5-11(12)14-2;1-12-9-3-2-7(4-5-10)6-8(9)11;1-2-17-8(14)11-4-3-5(9)12-7(10)6(4)13(15)16;1-2-4-5-3-1;2*1-2-3-4;;;;;;;;1-3-2;/h4,6-7,11-12H,1,5,8-10H2,2-3H3;4,6-7,11-12H,1,5,8-10H2,2-3H3,(H2,22,23);3-5,9,13H,1,6-8H2,2H3;2-3,6,10-11H,4-5H2,1H3;3H,2H2,1H3,(H,11,12,14);1-4H2;2H,1,3H2;2,4H,1,3H2;4*1H4;;;;1H;/q;;;;;;;;;;;;;;+1;;-1. The van der Waals surface area contributed by atoms with E-state index in [1.54, 1.807) is 93.5 Å². The number of nitrogens with zero attached hydrogens (tertiary/aromatic N) is 10. The van der Waals surface area contributed by atoms with Crippen molar-refractivity contribution < 1.29 is 154 Å². The number of anilines is 4. The molecule has 3 amide bonds. The summed E-state index contributed by atoms with van der Waals surface area (Å²) in [5.41, 5.74) is 20.5. The molecule has 129 heavy (non-hydrogen) atoms. The molecule has 0 atom stereocenters. The minimum atomic E-state index is -0.763. The second kappa shape index (κ2) is 84.0. The summed E-state index contributed by atoms with van der Waals surface area (Å²) in [6.07, 6.45) is 10.4. The molecule has 0 aliphatic carbocycles. The third-order valence-corrected chi connectivity index (χ3v) is 17.3. The molecule has 8 N–H and O–H groups in total. The average Bonchev–Trinajstić information content (AvgIpc) is 0.821. The third-order valence-electron chi connectivity index (χ3n) is 14.5. The maximum atomic E-state index is 12.6. The molecule has 7 aromatic rings. The van der Waals surface area contributed by atoms with Crippen molar-refractivity contribution in [2.24, 2.45) is 0 Å². The van der Waals surface area contributed by atoms with Crippen LogP contribution in [-0.4, -0.2) is 251 Å². The molecule has 1 saturated heterocycles. The second-order valence-corrected chi connectivity index (χ2v) is 27.4. The molecule has 8 rings (SSSR count). The molecule has 0 saturated carbocycles. The van der Waals surface area contributed by atoms with E-state index in [0.717, 1.165) is 40.8 Å². The number of allylic oxidation sites excluding steroid dienone is 1. The van der Waals surface area contributed by atoms with Gasteiger partial charge in [-0.2, -0.15) is 0 Å². The van der Waals surface area contributed by atoms with Gasteiger partial charge in [-0.1, -0.05) is 120 Å². The van der Waals surface area contributed by atoms with Crippen molar-refractivity contribution in [2.75, 3.05) is 140 Å². The zero-order valence-electron chi connectivity index (χ0n) is 72.0. The maximum absolute atomic E-state index is 12.6. The van der Waals surface area contributed by atoms with Crippen LogP contribution >= 0.6 is 95.6 Å². The zero-order valence-corrected chi connectivity index (χ0v) is 89.9. The topological polar surface area (TPSA) is 507 Å². The molecule has 4 aromatic carbocycles. The molecule has 1 fully saturated rings. The van der Waals surface area contributed by atoms with Gasteiger partial charge in [0.2, 0.25) is 5.82 Å². The number of nitrogens with one attached hydrogen (secondary N) is 2. The van der Waals surface area contributed by atoms with Crippen LogP contribution in [0.1, 0.15) is 87.0 Å². The van der Waals surface area contributed by atoms with Crippen LogP contribution in [0, 0.1) is 35.9 Å². The van der Waals surface area contributed by atoms with Gasteiger partial charge in [0.25, 0.3) is 0 Å². The summed E-state index contributed by atoms with van der Waals surface area (Å²) in [7, 11) is 6.17. The number of carbonyl (C=O) groups excluding carboxylic acids is 3. The van der Waals surface area contributed by atoms with E-state index in [0.29, 0.717) is 95.0 Å². The summed E-state index contributed by atoms with van der Waals surface area (Å²) in [4.78, 5) is 84.4. The number of nitro groups is 3. The Morgan fingerprint density at radius 1 is 0.558 bits per heavy atom. The Hall–Kier alpha value is -5.82. The number of phenolic OH excluding ortho intramolecular Hbond substituents is 1. The Morgan fingerprint density at radius 2 is 0.884 bits per heavy atom. The van der Waals surface area contributed by atoms with Crippen molar-refractivity contribution in [3.05, 3.63) is 240 Å². The first kappa shape index (κ1) is 136. The number of hydrogen-bond donors (Lipinski definition) is 7. The van der Waals surface area contributed by atoms with Crippen LogP contribution in [0.15, 0.2) is 177 Å². The summed E-state index contributed by atoms with van der Waals surface area (Å²) in [5.74, 6) is 3.79. The molecule has 46 heteroatoms. The quantitative estimate of drug-likeness (QED) is 0.00188. The number of amides is 3. The number of aromatic nitrogens is 3. The van der Waals surface area contributed by atoms with Gasteiger partial charge in [-0.15, -0.1) is 18.7 Å². The summed E-state index contributed by atoms with van der Waals surface area (Å²) in [6, 6.07) is 25.5. The first-order valence-electron chi connectivity index (χ1n) is 37.1.